The maximum absolute atomic E-state index is 13.1. The number of carbonyl (C=O) groups excluding carboxylic acids is 3. The van der Waals surface area contributed by atoms with Crippen molar-refractivity contribution in [3.05, 3.63) is 18.2 Å². The van der Waals surface area contributed by atoms with Crippen LogP contribution in [0.5, 0.6) is 5.75 Å². The number of fused-ring (bicyclic) bond motifs is 1. The number of rotatable bonds is 8. The predicted molar refractivity (Wildman–Crippen MR) is 126 cm³/mol. The second kappa shape index (κ2) is 10.4. The number of anilines is 1. The monoisotopic (exact) mass is 491 g/mol. The average Bonchev–Trinajstić information content (AvgIpc) is 3.09. The Kier molecular flexibility index (Phi) is 7.57. The first kappa shape index (κ1) is 24.7. The summed E-state index contributed by atoms with van der Waals surface area (Å²) in [5, 5.41) is 2.73. The van der Waals surface area contributed by atoms with Crippen LogP contribution in [0.1, 0.15) is 58.3 Å². The molecule has 1 aliphatic carbocycles. The number of carbonyl (C=O) groups is 3. The van der Waals surface area contributed by atoms with Crippen LogP contribution in [-0.4, -0.2) is 61.6 Å². The third-order valence-corrected chi connectivity index (χ3v) is 8.87. The Balaban J connectivity index is 1.45. The van der Waals surface area contributed by atoms with Gasteiger partial charge in [-0.25, -0.2) is 8.42 Å². The summed E-state index contributed by atoms with van der Waals surface area (Å²) in [6, 6.07) is 4.47. The summed E-state index contributed by atoms with van der Waals surface area (Å²) in [7, 11) is -3.68. The van der Waals surface area contributed by atoms with Gasteiger partial charge < -0.3 is 10.1 Å². The van der Waals surface area contributed by atoms with E-state index in [1.54, 1.807) is 13.0 Å². The van der Waals surface area contributed by atoms with E-state index in [1.165, 1.54) is 21.3 Å². The highest BCUT2D eigenvalue weighted by Crippen LogP contribution is 2.38. The zero-order valence-electron chi connectivity index (χ0n) is 19.6. The summed E-state index contributed by atoms with van der Waals surface area (Å²) in [4.78, 5) is 39.4. The van der Waals surface area contributed by atoms with Crippen LogP contribution in [0.4, 0.5) is 5.69 Å². The minimum atomic E-state index is -3.68. The van der Waals surface area contributed by atoms with Gasteiger partial charge in [-0.2, -0.15) is 4.31 Å². The van der Waals surface area contributed by atoms with Crippen molar-refractivity contribution in [2.75, 3.05) is 31.6 Å². The lowest BCUT2D eigenvalue weighted by molar-refractivity contribution is -0.140. The van der Waals surface area contributed by atoms with Crippen molar-refractivity contribution in [2.24, 2.45) is 11.8 Å². The van der Waals surface area contributed by atoms with Crippen molar-refractivity contribution in [3.63, 3.8) is 0 Å². The molecule has 2 aliphatic heterocycles. The number of piperidine rings is 1. The summed E-state index contributed by atoms with van der Waals surface area (Å²) in [5.74, 6) is -0.882. The maximum Gasteiger partial charge on any atom is 0.243 e. The molecule has 1 aromatic carbocycles. The van der Waals surface area contributed by atoms with Gasteiger partial charge in [0, 0.05) is 26.1 Å². The summed E-state index contributed by atoms with van der Waals surface area (Å²) < 4.78 is 33.2. The molecule has 186 valence electrons. The van der Waals surface area contributed by atoms with E-state index in [0.717, 1.165) is 44.9 Å². The van der Waals surface area contributed by atoms with Crippen LogP contribution in [0, 0.1) is 11.8 Å². The number of benzene rings is 1. The average molecular weight is 492 g/mol. The zero-order chi connectivity index (χ0) is 24.3. The molecular weight excluding hydrogens is 458 g/mol. The molecule has 2 saturated heterocycles. The molecule has 4 rings (SSSR count). The van der Waals surface area contributed by atoms with Gasteiger partial charge in [0.25, 0.3) is 0 Å². The molecule has 1 N–H and O–H groups in total. The number of imide groups is 1. The molecule has 2 heterocycles. The SMILES string of the molecule is CCOc1ccc(S(=O)(=O)N2CCCCC2)cc1NC(=O)CCN1C(=O)[C@H]2CCCC[C@@H]2C1=O. The fraction of sp³-hybridized carbons (Fsp3) is 0.625. The molecule has 3 aliphatic rings. The molecule has 3 fully saturated rings. The molecular formula is C24H33N3O6S. The second-order valence-electron chi connectivity index (χ2n) is 9.18. The van der Waals surface area contributed by atoms with E-state index >= 15 is 0 Å². The van der Waals surface area contributed by atoms with E-state index in [9.17, 15) is 22.8 Å². The molecule has 0 spiro atoms. The highest BCUT2D eigenvalue weighted by atomic mass is 32.2. The van der Waals surface area contributed by atoms with Crippen LogP contribution in [0.25, 0.3) is 0 Å². The molecule has 3 amide bonds. The normalized spacial score (nSPS) is 23.6. The predicted octanol–water partition coefficient (Wildman–Crippen LogP) is 2.76. The largest absolute Gasteiger partial charge is 0.492 e. The van der Waals surface area contributed by atoms with Gasteiger partial charge in [0.2, 0.25) is 27.7 Å². The third kappa shape index (κ3) is 4.98. The van der Waals surface area contributed by atoms with E-state index in [2.05, 4.69) is 5.32 Å². The fourth-order valence-corrected chi connectivity index (χ4v) is 6.72. The first-order valence-corrected chi connectivity index (χ1v) is 13.7. The summed E-state index contributed by atoms with van der Waals surface area (Å²) >= 11 is 0. The van der Waals surface area contributed by atoms with Gasteiger partial charge in [0.15, 0.2) is 0 Å². The lowest BCUT2D eigenvalue weighted by Crippen LogP contribution is -2.35. The topological polar surface area (TPSA) is 113 Å². The molecule has 0 radical (unpaired) electrons. The number of hydrogen-bond acceptors (Lipinski definition) is 6. The lowest BCUT2D eigenvalue weighted by atomic mass is 9.81. The Hall–Kier alpha value is -2.46. The fourth-order valence-electron chi connectivity index (χ4n) is 5.18. The molecule has 0 bridgehead atoms. The van der Waals surface area contributed by atoms with E-state index in [4.69, 9.17) is 4.74 Å². The first-order chi connectivity index (χ1) is 16.3. The van der Waals surface area contributed by atoms with Crippen molar-refractivity contribution < 1.29 is 27.5 Å². The minimum absolute atomic E-state index is 0.0201. The van der Waals surface area contributed by atoms with E-state index < -0.39 is 15.9 Å². The highest BCUT2D eigenvalue weighted by Gasteiger charge is 2.47. The molecule has 0 unspecified atom stereocenters. The Morgan fingerprint density at radius 2 is 1.68 bits per heavy atom. The van der Waals surface area contributed by atoms with Gasteiger partial charge in [-0.15, -0.1) is 0 Å². The zero-order valence-corrected chi connectivity index (χ0v) is 20.4. The van der Waals surface area contributed by atoms with Crippen LogP contribution >= 0.6 is 0 Å². The number of sulfonamides is 1. The van der Waals surface area contributed by atoms with Gasteiger partial charge >= 0.3 is 0 Å². The molecule has 1 aromatic rings. The van der Waals surface area contributed by atoms with Crippen molar-refractivity contribution in [1.29, 1.82) is 0 Å². The Labute approximate surface area is 200 Å². The van der Waals surface area contributed by atoms with Crippen molar-refractivity contribution >= 4 is 33.4 Å². The second-order valence-corrected chi connectivity index (χ2v) is 11.1. The van der Waals surface area contributed by atoms with Crippen molar-refractivity contribution in [3.8, 4) is 5.75 Å². The molecule has 34 heavy (non-hydrogen) atoms. The van der Waals surface area contributed by atoms with Crippen LogP contribution in [-0.2, 0) is 24.4 Å². The Bertz CT molecular complexity index is 1030. The van der Waals surface area contributed by atoms with Gasteiger partial charge in [-0.05, 0) is 50.8 Å². The highest BCUT2D eigenvalue weighted by molar-refractivity contribution is 7.89. The Morgan fingerprint density at radius 3 is 2.29 bits per heavy atom. The van der Waals surface area contributed by atoms with E-state index in [-0.39, 0.29) is 47.2 Å². The summed E-state index contributed by atoms with van der Waals surface area (Å²) in [5.41, 5.74) is 0.262. The molecule has 10 heteroatoms. The lowest BCUT2D eigenvalue weighted by Gasteiger charge is -2.26. The van der Waals surface area contributed by atoms with Gasteiger partial charge in [-0.1, -0.05) is 19.3 Å². The third-order valence-electron chi connectivity index (χ3n) is 6.97. The van der Waals surface area contributed by atoms with Crippen LogP contribution < -0.4 is 10.1 Å². The number of nitrogens with zero attached hydrogens (tertiary/aromatic N) is 2. The smallest absolute Gasteiger partial charge is 0.243 e. The standard InChI is InChI=1S/C24H33N3O6S/c1-2-33-21-11-10-17(34(31,32)26-13-6-3-7-14-26)16-20(21)25-22(28)12-15-27-23(29)18-8-4-5-9-19(18)24(27)30/h10-11,16,18-19H,2-9,12-15H2,1H3,(H,25,28)/t18-,19-/m0/s1. The van der Waals surface area contributed by atoms with Crippen LogP contribution in [0.3, 0.4) is 0 Å². The first-order valence-electron chi connectivity index (χ1n) is 12.2. The van der Waals surface area contributed by atoms with Crippen LogP contribution in [0.15, 0.2) is 23.1 Å². The van der Waals surface area contributed by atoms with Gasteiger partial charge in [0.1, 0.15) is 5.75 Å². The minimum Gasteiger partial charge on any atom is -0.492 e. The van der Waals surface area contributed by atoms with Crippen molar-refractivity contribution in [2.45, 2.75) is 63.2 Å². The van der Waals surface area contributed by atoms with Crippen molar-refractivity contribution in [1.82, 2.24) is 9.21 Å². The number of nitrogens with one attached hydrogen (secondary N) is 1. The number of ether oxygens (including phenoxy) is 1. The summed E-state index contributed by atoms with van der Waals surface area (Å²) in [6.45, 7) is 3.13. The molecule has 1 saturated carbocycles. The molecule has 9 nitrogen and oxygen atoms in total. The Morgan fingerprint density at radius 1 is 1.03 bits per heavy atom. The van der Waals surface area contributed by atoms with Gasteiger partial charge in [-0.3, -0.25) is 19.3 Å². The summed E-state index contributed by atoms with van der Waals surface area (Å²) in [6.07, 6.45) is 5.97. The van der Waals surface area contributed by atoms with E-state index in [1.807, 2.05) is 0 Å². The maximum atomic E-state index is 13.1. The number of likely N-dealkylation sites (tertiary alicyclic amines) is 1. The molecule has 0 aromatic heterocycles. The number of hydrogen-bond donors (Lipinski definition) is 1. The van der Waals surface area contributed by atoms with E-state index in [0.29, 0.717) is 25.4 Å². The van der Waals surface area contributed by atoms with Gasteiger partial charge in [0.05, 0.1) is 29.0 Å². The molecule has 2 atom stereocenters. The number of amides is 3. The van der Waals surface area contributed by atoms with Crippen LogP contribution in [0.2, 0.25) is 0 Å². The quantitative estimate of drug-likeness (QED) is 0.560.